The van der Waals surface area contributed by atoms with Crippen LogP contribution < -0.4 is 10.5 Å². The van der Waals surface area contributed by atoms with Gasteiger partial charge in [-0.05, 0) is 36.1 Å². The van der Waals surface area contributed by atoms with E-state index in [1.54, 1.807) is 6.07 Å². The van der Waals surface area contributed by atoms with Crippen LogP contribution in [0.1, 0.15) is 18.5 Å². The molecule has 140 valence electrons. The number of nitro groups is 1. The lowest BCUT2D eigenvalue weighted by atomic mass is 9.99. The van der Waals surface area contributed by atoms with Crippen molar-refractivity contribution in [3.63, 3.8) is 0 Å². The molecule has 1 unspecified atom stereocenters. The second-order valence-electron chi connectivity index (χ2n) is 6.03. The molecule has 3 aromatic carbocycles. The van der Waals surface area contributed by atoms with E-state index in [1.165, 1.54) is 12.1 Å². The molecule has 0 bridgehead atoms. The van der Waals surface area contributed by atoms with Crippen LogP contribution in [0.25, 0.3) is 10.8 Å². The quantitative estimate of drug-likeness (QED) is 0.487. The predicted octanol–water partition coefficient (Wildman–Crippen LogP) is 4.22. The molecular weight excluding hydrogens is 390 g/mol. The van der Waals surface area contributed by atoms with Gasteiger partial charge < -0.3 is 5.32 Å². The Labute approximate surface area is 161 Å². The van der Waals surface area contributed by atoms with E-state index in [2.05, 4.69) is 5.32 Å². The Balaban J connectivity index is 2.03. The Morgan fingerprint density at radius 3 is 2.41 bits per heavy atom. The summed E-state index contributed by atoms with van der Waals surface area (Å²) in [7, 11) is -4.04. The Bertz CT molecular complexity index is 1150. The number of primary sulfonamides is 1. The van der Waals surface area contributed by atoms with Gasteiger partial charge in [-0.25, -0.2) is 13.6 Å². The van der Waals surface area contributed by atoms with E-state index in [9.17, 15) is 18.5 Å². The van der Waals surface area contributed by atoms with Gasteiger partial charge in [0.25, 0.3) is 5.69 Å². The van der Waals surface area contributed by atoms with Gasteiger partial charge in [-0.2, -0.15) is 0 Å². The number of halogens is 1. The van der Waals surface area contributed by atoms with Crippen molar-refractivity contribution in [3.8, 4) is 0 Å². The largest absolute Gasteiger partial charge is 0.373 e. The lowest BCUT2D eigenvalue weighted by molar-refractivity contribution is -0.384. The average Bonchev–Trinajstić information content (AvgIpc) is 2.61. The smallest absolute Gasteiger partial charge is 0.293 e. The third-order valence-electron chi connectivity index (χ3n) is 4.24. The molecule has 0 aliphatic rings. The highest BCUT2D eigenvalue weighted by atomic mass is 35.5. The second-order valence-corrected chi connectivity index (χ2v) is 8.00. The number of nitrogens with two attached hydrogens (primary N) is 1. The van der Waals surface area contributed by atoms with Crippen LogP contribution in [0.2, 0.25) is 5.02 Å². The molecule has 9 heteroatoms. The predicted molar refractivity (Wildman–Crippen MR) is 105 cm³/mol. The van der Waals surface area contributed by atoms with E-state index in [-0.39, 0.29) is 22.3 Å². The van der Waals surface area contributed by atoms with E-state index in [0.717, 1.165) is 22.4 Å². The average molecular weight is 406 g/mol. The van der Waals surface area contributed by atoms with Crippen molar-refractivity contribution >= 4 is 43.8 Å². The summed E-state index contributed by atoms with van der Waals surface area (Å²) in [5.74, 6) is 0. The number of hydrogen-bond acceptors (Lipinski definition) is 5. The minimum absolute atomic E-state index is 0.193. The molecule has 0 spiro atoms. The Morgan fingerprint density at radius 2 is 1.78 bits per heavy atom. The van der Waals surface area contributed by atoms with Crippen molar-refractivity contribution < 1.29 is 13.3 Å². The molecule has 3 rings (SSSR count). The van der Waals surface area contributed by atoms with Crippen LogP contribution in [-0.2, 0) is 10.0 Å². The minimum atomic E-state index is -4.04. The zero-order chi connectivity index (χ0) is 19.8. The van der Waals surface area contributed by atoms with Gasteiger partial charge in [0.1, 0.15) is 5.69 Å². The number of benzene rings is 3. The molecule has 0 amide bonds. The molecule has 27 heavy (non-hydrogen) atoms. The van der Waals surface area contributed by atoms with Crippen molar-refractivity contribution in [2.24, 2.45) is 5.14 Å². The Kier molecular flexibility index (Phi) is 5.05. The van der Waals surface area contributed by atoms with Gasteiger partial charge in [-0.3, -0.25) is 10.1 Å². The van der Waals surface area contributed by atoms with Crippen LogP contribution in [0.3, 0.4) is 0 Å². The first kappa shape index (κ1) is 19.1. The maximum absolute atomic E-state index is 11.5. The summed E-state index contributed by atoms with van der Waals surface area (Å²) in [5, 5.41) is 21.9. The maximum Gasteiger partial charge on any atom is 0.293 e. The molecule has 0 fully saturated rings. The summed E-state index contributed by atoms with van der Waals surface area (Å²) >= 11 is 6.24. The fourth-order valence-corrected chi connectivity index (χ4v) is 3.70. The highest BCUT2D eigenvalue weighted by Gasteiger charge is 2.21. The van der Waals surface area contributed by atoms with Gasteiger partial charge >= 0.3 is 0 Å². The van der Waals surface area contributed by atoms with Crippen molar-refractivity contribution in [2.75, 3.05) is 5.32 Å². The lowest BCUT2D eigenvalue weighted by Gasteiger charge is -2.18. The molecule has 0 saturated carbocycles. The van der Waals surface area contributed by atoms with Gasteiger partial charge in [-0.15, -0.1) is 0 Å². The zero-order valence-corrected chi connectivity index (χ0v) is 15.8. The standard InChI is InChI=1S/C18H16ClN3O4S/c1-11(13-7-8-16(19)15-5-3-2-4-14(13)15)21-17-9-6-12(27(20,25)26)10-18(17)22(23)24/h2-11,21H,1H3,(H2,20,25,26). The number of hydrogen-bond donors (Lipinski definition) is 2. The minimum Gasteiger partial charge on any atom is -0.373 e. The number of rotatable bonds is 5. The fraction of sp³-hybridized carbons (Fsp3) is 0.111. The van der Waals surface area contributed by atoms with Crippen molar-refractivity contribution in [1.82, 2.24) is 0 Å². The van der Waals surface area contributed by atoms with Gasteiger partial charge in [0.05, 0.1) is 9.82 Å². The molecule has 0 saturated heterocycles. The van der Waals surface area contributed by atoms with Gasteiger partial charge in [0.15, 0.2) is 0 Å². The van der Waals surface area contributed by atoms with Gasteiger partial charge in [-0.1, -0.05) is 41.9 Å². The second kappa shape index (κ2) is 7.15. The van der Waals surface area contributed by atoms with E-state index in [4.69, 9.17) is 16.7 Å². The summed E-state index contributed by atoms with van der Waals surface area (Å²) in [5.41, 5.74) is 0.727. The number of sulfonamides is 1. The summed E-state index contributed by atoms with van der Waals surface area (Å²) in [6.45, 7) is 1.85. The van der Waals surface area contributed by atoms with Crippen molar-refractivity contribution in [1.29, 1.82) is 0 Å². The third kappa shape index (κ3) is 3.87. The van der Waals surface area contributed by atoms with Crippen LogP contribution in [0.15, 0.2) is 59.5 Å². The number of anilines is 1. The SMILES string of the molecule is CC(Nc1ccc(S(N)(=O)=O)cc1[N+](=O)[O-])c1ccc(Cl)c2ccccc12. The summed E-state index contributed by atoms with van der Waals surface area (Å²) in [4.78, 5) is 10.4. The fourth-order valence-electron chi connectivity index (χ4n) is 2.94. The zero-order valence-electron chi connectivity index (χ0n) is 14.2. The van der Waals surface area contributed by atoms with E-state index in [1.807, 2.05) is 37.3 Å². The molecule has 3 N–H and O–H groups in total. The van der Waals surface area contributed by atoms with E-state index < -0.39 is 14.9 Å². The number of nitro benzene ring substituents is 1. The van der Waals surface area contributed by atoms with Crippen LogP contribution in [-0.4, -0.2) is 13.3 Å². The monoisotopic (exact) mass is 405 g/mol. The van der Waals surface area contributed by atoms with Gasteiger partial charge in [0, 0.05) is 22.5 Å². The Hall–Kier alpha value is -2.68. The maximum atomic E-state index is 11.5. The highest BCUT2D eigenvalue weighted by molar-refractivity contribution is 7.89. The van der Waals surface area contributed by atoms with Crippen LogP contribution in [0.4, 0.5) is 11.4 Å². The third-order valence-corrected chi connectivity index (χ3v) is 5.48. The van der Waals surface area contributed by atoms with Crippen molar-refractivity contribution in [2.45, 2.75) is 17.9 Å². The normalized spacial score (nSPS) is 12.7. The van der Waals surface area contributed by atoms with Crippen LogP contribution in [0.5, 0.6) is 0 Å². The molecule has 0 radical (unpaired) electrons. The Morgan fingerprint density at radius 1 is 1.11 bits per heavy atom. The van der Waals surface area contributed by atoms with Crippen molar-refractivity contribution in [3.05, 3.63) is 75.3 Å². The van der Waals surface area contributed by atoms with Gasteiger partial charge in [0.2, 0.25) is 10.0 Å². The first-order valence-corrected chi connectivity index (χ1v) is 9.86. The molecule has 0 aliphatic heterocycles. The number of nitrogens with one attached hydrogen (secondary N) is 1. The van der Waals surface area contributed by atoms with Crippen LogP contribution >= 0.6 is 11.6 Å². The summed E-state index contributed by atoms with van der Waals surface area (Å²) < 4.78 is 22.9. The number of fused-ring (bicyclic) bond motifs is 1. The highest BCUT2D eigenvalue weighted by Crippen LogP contribution is 2.34. The molecule has 0 aromatic heterocycles. The first-order chi connectivity index (χ1) is 12.7. The molecule has 7 nitrogen and oxygen atoms in total. The lowest BCUT2D eigenvalue weighted by Crippen LogP contribution is -2.13. The van der Waals surface area contributed by atoms with E-state index >= 15 is 0 Å². The molecular formula is C18H16ClN3O4S. The van der Waals surface area contributed by atoms with E-state index in [0.29, 0.717) is 5.02 Å². The topological polar surface area (TPSA) is 115 Å². The molecule has 3 aromatic rings. The number of nitrogens with zero attached hydrogens (tertiary/aromatic N) is 1. The molecule has 0 heterocycles. The first-order valence-electron chi connectivity index (χ1n) is 7.93. The summed E-state index contributed by atoms with van der Waals surface area (Å²) in [6.07, 6.45) is 0. The molecule has 1 atom stereocenters. The summed E-state index contributed by atoms with van der Waals surface area (Å²) in [6, 6.07) is 14.4. The van der Waals surface area contributed by atoms with Crippen LogP contribution in [0, 0.1) is 10.1 Å². The molecule has 0 aliphatic carbocycles.